The Bertz CT molecular complexity index is 559. The Kier molecular flexibility index (Phi) is 15.9. The molecule has 1 unspecified atom stereocenters. The molecular formula is C24H41O4P. The summed E-state index contributed by atoms with van der Waals surface area (Å²) >= 11 is 0. The number of para-hydroxylation sites is 1. The SMILES string of the molecule is CCCCCCCCC=CCCCCCCCCOP(=O)(O)Oc1ccccc1. The van der Waals surface area contributed by atoms with Gasteiger partial charge in [-0.05, 0) is 44.2 Å². The van der Waals surface area contributed by atoms with Gasteiger partial charge in [0.15, 0.2) is 0 Å². The normalized spacial score (nSPS) is 13.6. The standard InChI is InChI=1S/C24H41O4P/c1-2-3-4-5-6-7-8-9-10-11-12-13-14-15-16-20-23-27-29(25,26)28-24-21-18-17-19-22-24/h9-10,17-19,21-22H,2-8,11-16,20,23H2,1H3,(H,25,26). The molecule has 0 fully saturated rings. The lowest BCUT2D eigenvalue weighted by molar-refractivity contribution is 0.199. The number of benzene rings is 1. The van der Waals surface area contributed by atoms with Crippen LogP contribution in [-0.4, -0.2) is 11.5 Å². The van der Waals surface area contributed by atoms with Crippen LogP contribution in [-0.2, 0) is 9.09 Å². The number of rotatable bonds is 19. The second-order valence-corrected chi connectivity index (χ2v) is 9.02. The van der Waals surface area contributed by atoms with Crippen molar-refractivity contribution in [2.45, 2.75) is 96.8 Å². The van der Waals surface area contributed by atoms with Crippen LogP contribution >= 0.6 is 7.82 Å². The number of phosphoric ester groups is 1. The van der Waals surface area contributed by atoms with Gasteiger partial charge in [-0.2, -0.15) is 0 Å². The van der Waals surface area contributed by atoms with E-state index >= 15 is 0 Å². The summed E-state index contributed by atoms with van der Waals surface area (Å²) in [5.41, 5.74) is 0. The lowest BCUT2D eigenvalue weighted by Crippen LogP contribution is -1.99. The van der Waals surface area contributed by atoms with Crippen LogP contribution in [0, 0.1) is 0 Å². The van der Waals surface area contributed by atoms with Gasteiger partial charge in [0.1, 0.15) is 5.75 Å². The number of allylic oxidation sites excluding steroid dienone is 2. The van der Waals surface area contributed by atoms with Crippen molar-refractivity contribution in [3.8, 4) is 5.75 Å². The molecule has 1 aromatic carbocycles. The van der Waals surface area contributed by atoms with Gasteiger partial charge >= 0.3 is 7.82 Å². The van der Waals surface area contributed by atoms with E-state index < -0.39 is 7.82 Å². The van der Waals surface area contributed by atoms with Crippen molar-refractivity contribution in [2.75, 3.05) is 6.61 Å². The lowest BCUT2D eigenvalue weighted by atomic mass is 10.1. The van der Waals surface area contributed by atoms with Crippen LogP contribution in [0.4, 0.5) is 0 Å². The molecule has 1 aromatic rings. The molecule has 1 N–H and O–H groups in total. The first-order valence-electron chi connectivity index (χ1n) is 11.5. The largest absolute Gasteiger partial charge is 0.527 e. The Morgan fingerprint density at radius 1 is 0.793 bits per heavy atom. The fourth-order valence-electron chi connectivity index (χ4n) is 3.17. The van der Waals surface area contributed by atoms with Crippen LogP contribution in [0.3, 0.4) is 0 Å². The molecule has 5 heteroatoms. The Balaban J connectivity index is 1.86. The molecule has 166 valence electrons. The zero-order valence-electron chi connectivity index (χ0n) is 18.3. The summed E-state index contributed by atoms with van der Waals surface area (Å²) in [6.07, 6.45) is 21.9. The van der Waals surface area contributed by atoms with Crippen LogP contribution in [0.25, 0.3) is 0 Å². The van der Waals surface area contributed by atoms with Crippen molar-refractivity contribution >= 4 is 7.82 Å². The predicted molar refractivity (Wildman–Crippen MR) is 122 cm³/mol. The third-order valence-corrected chi connectivity index (χ3v) is 5.82. The highest BCUT2D eigenvalue weighted by molar-refractivity contribution is 7.47. The smallest absolute Gasteiger partial charge is 0.404 e. The zero-order valence-corrected chi connectivity index (χ0v) is 19.2. The molecule has 0 aliphatic rings. The van der Waals surface area contributed by atoms with Crippen molar-refractivity contribution in [3.05, 3.63) is 42.5 Å². The van der Waals surface area contributed by atoms with Crippen LogP contribution in [0.5, 0.6) is 5.75 Å². The summed E-state index contributed by atoms with van der Waals surface area (Å²) < 4.78 is 21.9. The first kappa shape index (κ1) is 25.9. The summed E-state index contributed by atoms with van der Waals surface area (Å²) in [4.78, 5) is 9.70. The minimum absolute atomic E-state index is 0.252. The fraction of sp³-hybridized carbons (Fsp3) is 0.667. The summed E-state index contributed by atoms with van der Waals surface area (Å²) in [5, 5.41) is 0. The van der Waals surface area contributed by atoms with E-state index in [9.17, 15) is 9.46 Å². The summed E-state index contributed by atoms with van der Waals surface area (Å²) in [6.45, 7) is 2.51. The summed E-state index contributed by atoms with van der Waals surface area (Å²) in [5.74, 6) is 0.347. The maximum absolute atomic E-state index is 11.8. The fourth-order valence-corrected chi connectivity index (χ4v) is 3.97. The van der Waals surface area contributed by atoms with Gasteiger partial charge in [0, 0.05) is 0 Å². The molecule has 1 atom stereocenters. The Morgan fingerprint density at radius 2 is 1.31 bits per heavy atom. The van der Waals surface area contributed by atoms with E-state index in [0.717, 1.165) is 19.3 Å². The second-order valence-electron chi connectivity index (χ2n) is 7.64. The molecule has 0 bridgehead atoms. The van der Waals surface area contributed by atoms with Crippen molar-refractivity contribution in [1.29, 1.82) is 0 Å². The highest BCUT2D eigenvalue weighted by Gasteiger charge is 2.22. The van der Waals surface area contributed by atoms with Crippen molar-refractivity contribution in [3.63, 3.8) is 0 Å². The van der Waals surface area contributed by atoms with E-state index in [2.05, 4.69) is 19.1 Å². The topological polar surface area (TPSA) is 55.8 Å². The third-order valence-electron chi connectivity index (χ3n) is 4.87. The van der Waals surface area contributed by atoms with Crippen molar-refractivity contribution in [1.82, 2.24) is 0 Å². The highest BCUT2D eigenvalue weighted by Crippen LogP contribution is 2.43. The molecule has 0 aromatic heterocycles. The quantitative estimate of drug-likeness (QED) is 0.138. The maximum atomic E-state index is 11.8. The Labute approximate surface area is 178 Å². The molecule has 0 heterocycles. The van der Waals surface area contributed by atoms with E-state index in [1.54, 1.807) is 24.3 Å². The second kappa shape index (κ2) is 17.7. The van der Waals surface area contributed by atoms with Crippen molar-refractivity contribution < 1.29 is 18.5 Å². The van der Waals surface area contributed by atoms with Gasteiger partial charge in [0.25, 0.3) is 0 Å². The summed E-state index contributed by atoms with van der Waals surface area (Å²) in [6, 6.07) is 8.59. The molecule has 0 amide bonds. The molecule has 1 rings (SSSR count). The van der Waals surface area contributed by atoms with Gasteiger partial charge in [0.05, 0.1) is 6.61 Å². The minimum atomic E-state index is -4.01. The lowest BCUT2D eigenvalue weighted by Gasteiger charge is -2.12. The van der Waals surface area contributed by atoms with E-state index in [0.29, 0.717) is 5.75 Å². The zero-order chi connectivity index (χ0) is 21.0. The van der Waals surface area contributed by atoms with Gasteiger partial charge in [-0.1, -0.05) is 95.1 Å². The number of phosphoric acid groups is 1. The molecule has 0 radical (unpaired) electrons. The predicted octanol–water partition coefficient (Wildman–Crippen LogP) is 8.22. The van der Waals surface area contributed by atoms with E-state index in [1.807, 2.05) is 6.07 Å². The maximum Gasteiger partial charge on any atom is 0.527 e. The Hall–Kier alpha value is -1.09. The number of unbranched alkanes of at least 4 members (excludes halogenated alkanes) is 12. The molecule has 0 saturated carbocycles. The average molecular weight is 425 g/mol. The van der Waals surface area contributed by atoms with Gasteiger partial charge in [-0.25, -0.2) is 4.57 Å². The molecule has 29 heavy (non-hydrogen) atoms. The van der Waals surface area contributed by atoms with Gasteiger partial charge < -0.3 is 4.52 Å². The Morgan fingerprint density at radius 3 is 1.90 bits per heavy atom. The van der Waals surface area contributed by atoms with Gasteiger partial charge in [0.2, 0.25) is 0 Å². The molecule has 0 saturated heterocycles. The minimum Gasteiger partial charge on any atom is -0.404 e. The van der Waals surface area contributed by atoms with Crippen LogP contribution in [0.1, 0.15) is 96.8 Å². The number of hydrogen-bond acceptors (Lipinski definition) is 3. The molecule has 4 nitrogen and oxygen atoms in total. The third kappa shape index (κ3) is 16.4. The van der Waals surface area contributed by atoms with Crippen molar-refractivity contribution in [2.24, 2.45) is 0 Å². The molecule has 0 aliphatic heterocycles. The van der Waals surface area contributed by atoms with Crippen LogP contribution in [0.2, 0.25) is 0 Å². The first-order valence-corrected chi connectivity index (χ1v) is 13.0. The molecular weight excluding hydrogens is 383 g/mol. The monoisotopic (exact) mass is 424 g/mol. The van der Waals surface area contributed by atoms with Crippen LogP contribution in [0.15, 0.2) is 42.5 Å². The first-order chi connectivity index (χ1) is 14.1. The van der Waals surface area contributed by atoms with E-state index in [1.165, 1.54) is 70.6 Å². The highest BCUT2D eigenvalue weighted by atomic mass is 31.2. The number of hydrogen-bond donors (Lipinski definition) is 1. The van der Waals surface area contributed by atoms with Gasteiger partial charge in [-0.3, -0.25) is 9.42 Å². The molecule has 0 aliphatic carbocycles. The van der Waals surface area contributed by atoms with E-state index in [4.69, 9.17) is 9.05 Å². The van der Waals surface area contributed by atoms with Crippen LogP contribution < -0.4 is 4.52 Å². The molecule has 0 spiro atoms. The van der Waals surface area contributed by atoms with Gasteiger partial charge in [-0.15, -0.1) is 0 Å². The average Bonchev–Trinajstić information content (AvgIpc) is 2.70. The van der Waals surface area contributed by atoms with E-state index in [-0.39, 0.29) is 6.61 Å². The summed E-state index contributed by atoms with van der Waals surface area (Å²) in [7, 11) is -4.01.